The number of nitrogens with zero attached hydrogens (tertiary/aromatic N) is 1. The average molecular weight is 436 g/mol. The summed E-state index contributed by atoms with van der Waals surface area (Å²) in [5, 5.41) is 11.4. The van der Waals surface area contributed by atoms with Crippen LogP contribution in [0.25, 0.3) is 0 Å². The van der Waals surface area contributed by atoms with Crippen molar-refractivity contribution in [2.24, 2.45) is 0 Å². The van der Waals surface area contributed by atoms with Crippen molar-refractivity contribution in [1.82, 2.24) is 4.90 Å². The summed E-state index contributed by atoms with van der Waals surface area (Å²) in [7, 11) is 0. The fourth-order valence-electron chi connectivity index (χ4n) is 4.08. The molecule has 4 heteroatoms. The first-order chi connectivity index (χ1) is 13.7. The Morgan fingerprint density at radius 2 is 1.03 bits per heavy atom. The van der Waals surface area contributed by atoms with Gasteiger partial charge in [0.15, 0.2) is 0 Å². The van der Waals surface area contributed by atoms with Crippen LogP contribution in [0, 0.1) is 0 Å². The maximum atomic E-state index is 11.4. The van der Waals surface area contributed by atoms with Crippen LogP contribution in [-0.2, 0) is 4.79 Å². The predicted octanol–water partition coefficient (Wildman–Crippen LogP) is 3.49. The molecule has 1 unspecified atom stereocenters. The normalized spacial score (nSPS) is 12.1. The molecule has 0 amide bonds. The smallest absolute Gasteiger partial charge is 0.550 e. The molecule has 0 N–H and O–H groups in total. The van der Waals surface area contributed by atoms with Gasteiger partial charge in [-0.1, -0.05) is 111 Å². The number of carboxylic acid groups (broad SMARTS) is 1. The third-order valence-electron chi connectivity index (χ3n) is 5.91. The van der Waals surface area contributed by atoms with Crippen LogP contribution in [0.15, 0.2) is 0 Å². The first-order valence-electron chi connectivity index (χ1n) is 12.6. The number of carbonyl (C=O) groups excluding carboxylic acids is 1. The SMILES string of the molecule is CCCCCCCCN(CCCCCCCC)C(CCCCCC)CC(=O)[O-].[K+]. The second-order valence-corrected chi connectivity index (χ2v) is 8.65. The van der Waals surface area contributed by atoms with Crippen LogP contribution in [0.2, 0.25) is 0 Å². The third kappa shape index (κ3) is 22.1. The fourth-order valence-corrected chi connectivity index (χ4v) is 4.08. The van der Waals surface area contributed by atoms with Crippen molar-refractivity contribution in [1.29, 1.82) is 0 Å². The molecule has 0 aromatic rings. The van der Waals surface area contributed by atoms with E-state index in [1.165, 1.54) is 96.3 Å². The van der Waals surface area contributed by atoms with Gasteiger partial charge < -0.3 is 14.8 Å². The first kappa shape index (κ1) is 32.2. The quantitative estimate of drug-likeness (QED) is 0.193. The van der Waals surface area contributed by atoms with E-state index in [0.717, 1.165) is 25.9 Å². The van der Waals surface area contributed by atoms with Crippen molar-refractivity contribution in [2.75, 3.05) is 13.1 Å². The van der Waals surface area contributed by atoms with E-state index in [-0.39, 0.29) is 63.8 Å². The fraction of sp³-hybridized carbons (Fsp3) is 0.960. The summed E-state index contributed by atoms with van der Waals surface area (Å²) in [5.74, 6) is -0.878. The average Bonchev–Trinajstić information content (AvgIpc) is 2.67. The summed E-state index contributed by atoms with van der Waals surface area (Å²) >= 11 is 0. The molecule has 0 saturated heterocycles. The van der Waals surface area contributed by atoms with E-state index in [2.05, 4.69) is 25.7 Å². The van der Waals surface area contributed by atoms with Crippen molar-refractivity contribution in [3.05, 3.63) is 0 Å². The molecule has 0 rings (SSSR count). The molecular formula is C25H50KNO2. The van der Waals surface area contributed by atoms with Gasteiger partial charge in [-0.2, -0.15) is 0 Å². The van der Waals surface area contributed by atoms with E-state index in [9.17, 15) is 9.90 Å². The Kier molecular flexibility index (Phi) is 28.2. The predicted molar refractivity (Wildman–Crippen MR) is 120 cm³/mol. The summed E-state index contributed by atoms with van der Waals surface area (Å²) in [4.78, 5) is 13.9. The van der Waals surface area contributed by atoms with Crippen LogP contribution in [0.1, 0.15) is 136 Å². The van der Waals surface area contributed by atoms with Crippen LogP contribution >= 0.6 is 0 Å². The Bertz CT molecular complexity index is 323. The number of rotatable bonds is 22. The Morgan fingerprint density at radius 3 is 1.45 bits per heavy atom. The second-order valence-electron chi connectivity index (χ2n) is 8.65. The van der Waals surface area contributed by atoms with Crippen molar-refractivity contribution >= 4 is 5.97 Å². The minimum Gasteiger partial charge on any atom is -0.550 e. The molecule has 1 atom stereocenters. The molecule has 0 aliphatic rings. The molecule has 0 aromatic carbocycles. The summed E-state index contributed by atoms with van der Waals surface area (Å²) < 4.78 is 0. The number of hydrogen-bond donors (Lipinski definition) is 0. The number of aliphatic carboxylic acids is 1. The van der Waals surface area contributed by atoms with E-state index in [0.29, 0.717) is 0 Å². The molecule has 0 saturated carbocycles. The van der Waals surface area contributed by atoms with Crippen LogP contribution in [0.5, 0.6) is 0 Å². The Labute approximate surface area is 225 Å². The minimum absolute atomic E-state index is 0. The van der Waals surface area contributed by atoms with E-state index in [1.807, 2.05) is 0 Å². The Balaban J connectivity index is 0. The number of unbranched alkanes of at least 4 members (excludes halogenated alkanes) is 13. The number of carboxylic acids is 1. The summed E-state index contributed by atoms with van der Waals surface area (Å²) in [6.45, 7) is 8.86. The van der Waals surface area contributed by atoms with Gasteiger partial charge in [-0.05, 0) is 32.4 Å². The Hall–Kier alpha value is 1.07. The molecule has 0 aliphatic carbocycles. The largest absolute Gasteiger partial charge is 1.00 e. The summed E-state index contributed by atoms with van der Waals surface area (Å²) in [5.41, 5.74) is 0. The van der Waals surface area contributed by atoms with Crippen LogP contribution in [-0.4, -0.2) is 30.0 Å². The van der Waals surface area contributed by atoms with Gasteiger partial charge in [0.2, 0.25) is 0 Å². The Morgan fingerprint density at radius 1 is 0.655 bits per heavy atom. The maximum Gasteiger partial charge on any atom is 1.00 e. The van der Waals surface area contributed by atoms with Crippen molar-refractivity contribution in [3.63, 3.8) is 0 Å². The zero-order chi connectivity index (χ0) is 20.9. The van der Waals surface area contributed by atoms with E-state index in [4.69, 9.17) is 0 Å². The van der Waals surface area contributed by atoms with Crippen LogP contribution in [0.3, 0.4) is 0 Å². The van der Waals surface area contributed by atoms with E-state index >= 15 is 0 Å². The van der Waals surface area contributed by atoms with Crippen molar-refractivity contribution in [3.8, 4) is 0 Å². The third-order valence-corrected chi connectivity index (χ3v) is 5.91. The van der Waals surface area contributed by atoms with E-state index in [1.54, 1.807) is 0 Å². The summed E-state index contributed by atoms with van der Waals surface area (Å²) in [6, 6.07) is 0.174. The molecule has 29 heavy (non-hydrogen) atoms. The maximum absolute atomic E-state index is 11.4. The zero-order valence-corrected chi connectivity index (χ0v) is 23.6. The standard InChI is InChI=1S/C25H51NO2.K/c1-4-7-10-13-15-18-21-26(22-19-16-14-11-8-5-2)24(23-25(27)28)20-17-12-9-6-3;/h24H,4-23H2,1-3H3,(H,27,28);/q;+1/p-1. The van der Waals surface area contributed by atoms with Gasteiger partial charge in [0.05, 0.1) is 0 Å². The summed E-state index contributed by atoms with van der Waals surface area (Å²) in [6.07, 6.45) is 21.6. The molecule has 0 heterocycles. The molecule has 0 radical (unpaired) electrons. The van der Waals surface area contributed by atoms with Gasteiger partial charge in [-0.25, -0.2) is 0 Å². The molecule has 0 spiro atoms. The van der Waals surface area contributed by atoms with Crippen LogP contribution < -0.4 is 56.5 Å². The molecule has 3 nitrogen and oxygen atoms in total. The second kappa shape index (κ2) is 25.3. The number of carbonyl (C=O) groups is 1. The molecule has 0 aliphatic heterocycles. The molecule has 0 fully saturated rings. The van der Waals surface area contributed by atoms with Crippen molar-refractivity contribution < 1.29 is 61.3 Å². The monoisotopic (exact) mass is 435 g/mol. The zero-order valence-electron chi connectivity index (χ0n) is 20.5. The minimum atomic E-state index is -0.878. The van der Waals surface area contributed by atoms with Crippen LogP contribution in [0.4, 0.5) is 0 Å². The van der Waals surface area contributed by atoms with Gasteiger partial charge in [0.1, 0.15) is 0 Å². The van der Waals surface area contributed by atoms with Gasteiger partial charge in [0.25, 0.3) is 0 Å². The number of hydrogen-bond acceptors (Lipinski definition) is 3. The van der Waals surface area contributed by atoms with Gasteiger partial charge >= 0.3 is 51.4 Å². The molecular weight excluding hydrogens is 385 g/mol. The van der Waals surface area contributed by atoms with Gasteiger partial charge in [0, 0.05) is 18.4 Å². The van der Waals surface area contributed by atoms with E-state index < -0.39 is 5.97 Å². The van der Waals surface area contributed by atoms with Crippen molar-refractivity contribution in [2.45, 2.75) is 142 Å². The van der Waals surface area contributed by atoms with Gasteiger partial charge in [-0.15, -0.1) is 0 Å². The topological polar surface area (TPSA) is 43.4 Å². The molecule has 168 valence electrons. The molecule has 0 bridgehead atoms. The molecule has 0 aromatic heterocycles. The van der Waals surface area contributed by atoms with Gasteiger partial charge in [-0.3, -0.25) is 0 Å². The first-order valence-corrected chi connectivity index (χ1v) is 12.6.